The fourth-order valence-electron chi connectivity index (χ4n) is 1.98. The highest BCUT2D eigenvalue weighted by atomic mass is 16.6. The Bertz CT molecular complexity index is 487. The van der Waals surface area contributed by atoms with Gasteiger partial charge in [0.2, 0.25) is 0 Å². The van der Waals surface area contributed by atoms with Crippen LogP contribution in [0.5, 0.6) is 0 Å². The van der Waals surface area contributed by atoms with Crippen LogP contribution in [0.2, 0.25) is 0 Å². The van der Waals surface area contributed by atoms with Gasteiger partial charge < -0.3 is 19.5 Å². The average molecular weight is 357 g/mol. The Morgan fingerprint density at radius 2 is 1.52 bits per heavy atom. The fraction of sp³-hybridized carbons (Fsp3) is 0.722. The van der Waals surface area contributed by atoms with Crippen LogP contribution >= 0.6 is 0 Å². The second-order valence-electron chi connectivity index (χ2n) is 7.71. The lowest BCUT2D eigenvalue weighted by Gasteiger charge is -2.27. The van der Waals surface area contributed by atoms with Gasteiger partial charge in [-0.15, -0.1) is 6.58 Å². The van der Waals surface area contributed by atoms with Crippen molar-refractivity contribution < 1.29 is 28.6 Å². The Hall–Kier alpha value is -2.05. The van der Waals surface area contributed by atoms with Crippen LogP contribution in [0.25, 0.3) is 0 Å². The summed E-state index contributed by atoms with van der Waals surface area (Å²) >= 11 is 0. The highest BCUT2D eigenvalue weighted by molar-refractivity contribution is 5.83. The van der Waals surface area contributed by atoms with Gasteiger partial charge in [0.15, 0.2) is 0 Å². The van der Waals surface area contributed by atoms with Crippen LogP contribution in [-0.4, -0.2) is 42.4 Å². The van der Waals surface area contributed by atoms with Crippen LogP contribution in [0, 0.1) is 5.92 Å². The molecule has 2 atom stereocenters. The zero-order valence-electron chi connectivity index (χ0n) is 16.3. The zero-order valence-corrected chi connectivity index (χ0v) is 16.3. The Balaban J connectivity index is 5.29. The van der Waals surface area contributed by atoms with Crippen LogP contribution in [-0.2, 0) is 23.8 Å². The van der Waals surface area contributed by atoms with Gasteiger partial charge >= 0.3 is 18.0 Å². The highest BCUT2D eigenvalue weighted by Crippen LogP contribution is 2.18. The van der Waals surface area contributed by atoms with Gasteiger partial charge in [-0.05, 0) is 54.4 Å². The number of nitrogens with one attached hydrogen (secondary N) is 1. The zero-order chi connectivity index (χ0) is 19.8. The lowest BCUT2D eigenvalue weighted by Crippen LogP contribution is -2.47. The number of esters is 2. The first-order valence-corrected chi connectivity index (χ1v) is 8.20. The van der Waals surface area contributed by atoms with Crippen LogP contribution < -0.4 is 5.32 Å². The summed E-state index contributed by atoms with van der Waals surface area (Å²) in [6.45, 7) is 13.9. The molecule has 7 heteroatoms. The lowest BCUT2D eigenvalue weighted by atomic mass is 9.96. The summed E-state index contributed by atoms with van der Waals surface area (Å²) < 4.78 is 15.3. The third-order valence-corrected chi connectivity index (χ3v) is 2.89. The second kappa shape index (κ2) is 9.44. The van der Waals surface area contributed by atoms with Gasteiger partial charge in [-0.3, -0.25) is 4.79 Å². The van der Waals surface area contributed by atoms with E-state index in [0.717, 1.165) is 0 Å². The number of alkyl carbamates (subject to hydrolysis) is 1. The van der Waals surface area contributed by atoms with E-state index in [-0.39, 0.29) is 6.42 Å². The van der Waals surface area contributed by atoms with Crippen molar-refractivity contribution in [3.8, 4) is 0 Å². The van der Waals surface area contributed by atoms with Gasteiger partial charge in [0.05, 0.1) is 13.0 Å². The van der Waals surface area contributed by atoms with Gasteiger partial charge in [-0.1, -0.05) is 6.08 Å². The summed E-state index contributed by atoms with van der Waals surface area (Å²) in [5.41, 5.74) is -1.45. The van der Waals surface area contributed by atoms with Crippen molar-refractivity contribution >= 4 is 18.0 Å². The molecule has 0 aliphatic rings. The van der Waals surface area contributed by atoms with E-state index in [4.69, 9.17) is 14.2 Å². The van der Waals surface area contributed by atoms with Crippen LogP contribution in [0.15, 0.2) is 12.7 Å². The Morgan fingerprint density at radius 1 is 1.00 bits per heavy atom. The molecule has 144 valence electrons. The van der Waals surface area contributed by atoms with Crippen molar-refractivity contribution in [1.82, 2.24) is 5.32 Å². The molecule has 1 N–H and O–H groups in total. The monoisotopic (exact) mass is 357 g/mol. The summed E-state index contributed by atoms with van der Waals surface area (Å²) in [6, 6.07) is -1.04. The molecule has 0 aromatic rings. The minimum absolute atomic E-state index is 0.0207. The number of allylic oxidation sites excluding steroid dienone is 1. The molecule has 0 unspecified atom stereocenters. The van der Waals surface area contributed by atoms with Crippen molar-refractivity contribution in [3.05, 3.63) is 12.7 Å². The first kappa shape index (κ1) is 22.9. The molecule has 0 aromatic carbocycles. The van der Waals surface area contributed by atoms with E-state index in [1.54, 1.807) is 47.6 Å². The minimum Gasteiger partial charge on any atom is -0.469 e. The molecule has 0 aromatic heterocycles. The van der Waals surface area contributed by atoms with Crippen molar-refractivity contribution in [2.45, 2.75) is 71.6 Å². The topological polar surface area (TPSA) is 90.9 Å². The number of hydrogen-bond donors (Lipinski definition) is 1. The number of rotatable bonds is 7. The van der Waals surface area contributed by atoms with Crippen LogP contribution in [0.3, 0.4) is 0 Å². The summed E-state index contributed by atoms with van der Waals surface area (Å²) in [4.78, 5) is 36.4. The maximum Gasteiger partial charge on any atom is 0.408 e. The van der Waals surface area contributed by atoms with E-state index in [0.29, 0.717) is 6.42 Å². The molecular formula is C18H31NO6. The maximum absolute atomic E-state index is 12.4. The van der Waals surface area contributed by atoms with Crippen LogP contribution in [0.1, 0.15) is 54.4 Å². The SMILES string of the molecule is C=CC[C@@H](C[C@H](NC(=O)OC(C)(C)C)C(=O)OC(C)(C)C)C(=O)OC. The van der Waals surface area contributed by atoms with E-state index in [9.17, 15) is 14.4 Å². The molecule has 25 heavy (non-hydrogen) atoms. The van der Waals surface area contributed by atoms with E-state index >= 15 is 0 Å². The van der Waals surface area contributed by atoms with E-state index < -0.39 is 41.2 Å². The Morgan fingerprint density at radius 3 is 1.92 bits per heavy atom. The number of carbonyl (C=O) groups is 3. The van der Waals surface area contributed by atoms with Crippen molar-refractivity contribution in [3.63, 3.8) is 0 Å². The lowest BCUT2D eigenvalue weighted by molar-refractivity contribution is -0.158. The Labute approximate surface area is 150 Å². The van der Waals surface area contributed by atoms with Crippen LogP contribution in [0.4, 0.5) is 4.79 Å². The molecule has 0 saturated heterocycles. The summed E-state index contributed by atoms with van der Waals surface area (Å²) in [5, 5.41) is 2.49. The number of hydrogen-bond acceptors (Lipinski definition) is 6. The molecule has 0 rings (SSSR count). The third-order valence-electron chi connectivity index (χ3n) is 2.89. The number of methoxy groups -OCH3 is 1. The van der Waals surface area contributed by atoms with Gasteiger partial charge in [-0.25, -0.2) is 9.59 Å². The van der Waals surface area contributed by atoms with E-state index in [2.05, 4.69) is 11.9 Å². The summed E-state index contributed by atoms with van der Waals surface area (Å²) in [5.74, 6) is -1.76. The highest BCUT2D eigenvalue weighted by Gasteiger charge is 2.33. The first-order valence-electron chi connectivity index (χ1n) is 8.20. The fourth-order valence-corrected chi connectivity index (χ4v) is 1.98. The van der Waals surface area contributed by atoms with Crippen molar-refractivity contribution in [2.24, 2.45) is 5.92 Å². The van der Waals surface area contributed by atoms with Crippen molar-refractivity contribution in [1.29, 1.82) is 0 Å². The molecule has 0 aliphatic heterocycles. The van der Waals surface area contributed by atoms with Crippen molar-refractivity contribution in [2.75, 3.05) is 7.11 Å². The molecule has 0 spiro atoms. The second-order valence-corrected chi connectivity index (χ2v) is 7.71. The number of ether oxygens (including phenoxy) is 3. The Kier molecular flexibility index (Phi) is 8.66. The number of carbonyl (C=O) groups excluding carboxylic acids is 3. The van der Waals surface area contributed by atoms with Gasteiger partial charge in [0, 0.05) is 0 Å². The van der Waals surface area contributed by atoms with Gasteiger partial charge in [0.1, 0.15) is 17.2 Å². The molecule has 0 radical (unpaired) electrons. The van der Waals surface area contributed by atoms with Gasteiger partial charge in [-0.2, -0.15) is 0 Å². The normalized spacial score (nSPS) is 14.0. The largest absolute Gasteiger partial charge is 0.469 e. The molecule has 0 aliphatic carbocycles. The molecule has 0 fully saturated rings. The smallest absolute Gasteiger partial charge is 0.408 e. The summed E-state index contributed by atoms with van der Waals surface area (Å²) in [6.07, 6.45) is 1.13. The maximum atomic E-state index is 12.4. The molecule has 1 amide bonds. The average Bonchev–Trinajstić information content (AvgIpc) is 2.41. The standard InChI is InChI=1S/C18H31NO6/c1-9-10-12(14(20)23-8)11-13(15(21)24-17(2,3)4)19-16(22)25-18(5,6)7/h9,12-13H,1,10-11H2,2-8H3,(H,19,22)/t12-,13-/m0/s1. The minimum atomic E-state index is -1.04. The molecule has 0 saturated carbocycles. The molecule has 7 nitrogen and oxygen atoms in total. The quantitative estimate of drug-likeness (QED) is 0.428. The number of amides is 1. The predicted molar refractivity (Wildman–Crippen MR) is 93.9 cm³/mol. The first-order chi connectivity index (χ1) is 11.3. The van der Waals surface area contributed by atoms with E-state index in [1.165, 1.54) is 7.11 Å². The van der Waals surface area contributed by atoms with Gasteiger partial charge in [0.25, 0.3) is 0 Å². The molecular weight excluding hydrogens is 326 g/mol. The van der Waals surface area contributed by atoms with E-state index in [1.807, 2.05) is 0 Å². The third kappa shape index (κ3) is 10.4. The molecule has 0 bridgehead atoms. The summed E-state index contributed by atoms with van der Waals surface area (Å²) in [7, 11) is 1.27. The predicted octanol–water partition coefficient (Wildman–Crippen LogP) is 2.98. The molecule has 0 heterocycles.